The standard InChI is InChI=1S/C18H22N4O3/c1-24-13-7-8-14(16(11-13)25-2)21-17(23)15-9-10-19-18(22-15)20-12-5-3-4-6-12/h7-12H,3-6H2,1-2H3,(H,21,23)(H,19,20,22). The number of aromatic nitrogens is 2. The predicted molar refractivity (Wildman–Crippen MR) is 95.4 cm³/mol. The summed E-state index contributed by atoms with van der Waals surface area (Å²) in [6.45, 7) is 0. The van der Waals surface area contributed by atoms with E-state index in [9.17, 15) is 4.79 Å². The molecule has 25 heavy (non-hydrogen) atoms. The molecule has 1 aliphatic carbocycles. The molecule has 1 heterocycles. The molecule has 1 amide bonds. The molecule has 1 fully saturated rings. The Balaban J connectivity index is 1.72. The number of nitrogens with one attached hydrogen (secondary N) is 2. The second kappa shape index (κ2) is 7.83. The van der Waals surface area contributed by atoms with Crippen LogP contribution in [0, 0.1) is 0 Å². The summed E-state index contributed by atoms with van der Waals surface area (Å²) in [6, 6.07) is 7.17. The molecule has 0 radical (unpaired) electrons. The topological polar surface area (TPSA) is 85.4 Å². The van der Waals surface area contributed by atoms with E-state index in [1.807, 2.05) is 0 Å². The van der Waals surface area contributed by atoms with Crippen LogP contribution in [0.3, 0.4) is 0 Å². The number of carbonyl (C=O) groups is 1. The molecule has 0 atom stereocenters. The number of anilines is 2. The van der Waals surface area contributed by atoms with E-state index in [-0.39, 0.29) is 5.91 Å². The Kier molecular flexibility index (Phi) is 5.33. The third kappa shape index (κ3) is 4.17. The van der Waals surface area contributed by atoms with Gasteiger partial charge in [0.15, 0.2) is 0 Å². The molecule has 0 saturated heterocycles. The van der Waals surface area contributed by atoms with Crippen molar-refractivity contribution in [3.63, 3.8) is 0 Å². The van der Waals surface area contributed by atoms with Gasteiger partial charge in [-0.15, -0.1) is 0 Å². The highest BCUT2D eigenvalue weighted by molar-refractivity contribution is 6.03. The van der Waals surface area contributed by atoms with E-state index in [1.54, 1.807) is 44.7 Å². The fourth-order valence-corrected chi connectivity index (χ4v) is 2.90. The lowest BCUT2D eigenvalue weighted by molar-refractivity contribution is 0.102. The van der Waals surface area contributed by atoms with E-state index in [4.69, 9.17) is 9.47 Å². The van der Waals surface area contributed by atoms with Crippen LogP contribution in [-0.2, 0) is 0 Å². The van der Waals surface area contributed by atoms with Gasteiger partial charge < -0.3 is 20.1 Å². The highest BCUT2D eigenvalue weighted by Gasteiger charge is 2.17. The molecule has 1 aromatic heterocycles. The number of nitrogens with zero attached hydrogens (tertiary/aromatic N) is 2. The van der Waals surface area contributed by atoms with Crippen LogP contribution in [0.25, 0.3) is 0 Å². The quantitative estimate of drug-likeness (QED) is 0.839. The van der Waals surface area contributed by atoms with Crippen molar-refractivity contribution in [2.24, 2.45) is 0 Å². The van der Waals surface area contributed by atoms with Crippen molar-refractivity contribution in [3.05, 3.63) is 36.2 Å². The van der Waals surface area contributed by atoms with Crippen molar-refractivity contribution in [1.82, 2.24) is 9.97 Å². The number of hydrogen-bond donors (Lipinski definition) is 2. The van der Waals surface area contributed by atoms with E-state index in [2.05, 4.69) is 20.6 Å². The van der Waals surface area contributed by atoms with Gasteiger partial charge in [-0.2, -0.15) is 0 Å². The zero-order chi connectivity index (χ0) is 17.6. The van der Waals surface area contributed by atoms with Gasteiger partial charge >= 0.3 is 0 Å². The molecule has 1 aromatic carbocycles. The Labute approximate surface area is 146 Å². The molecule has 2 aromatic rings. The van der Waals surface area contributed by atoms with Crippen LogP contribution in [-0.4, -0.2) is 36.1 Å². The minimum Gasteiger partial charge on any atom is -0.497 e. The van der Waals surface area contributed by atoms with Crippen molar-refractivity contribution in [2.75, 3.05) is 24.9 Å². The number of amides is 1. The van der Waals surface area contributed by atoms with Crippen LogP contribution in [0.4, 0.5) is 11.6 Å². The van der Waals surface area contributed by atoms with E-state index >= 15 is 0 Å². The molecule has 7 nitrogen and oxygen atoms in total. The highest BCUT2D eigenvalue weighted by Crippen LogP contribution is 2.29. The lowest BCUT2D eigenvalue weighted by atomic mass is 10.2. The predicted octanol–water partition coefficient (Wildman–Crippen LogP) is 3.10. The maximum absolute atomic E-state index is 12.5. The first-order valence-electron chi connectivity index (χ1n) is 8.32. The molecule has 2 N–H and O–H groups in total. The monoisotopic (exact) mass is 342 g/mol. The van der Waals surface area contributed by atoms with Gasteiger partial charge in [-0.05, 0) is 31.0 Å². The second-order valence-electron chi connectivity index (χ2n) is 5.91. The van der Waals surface area contributed by atoms with Crippen molar-refractivity contribution in [2.45, 2.75) is 31.7 Å². The van der Waals surface area contributed by atoms with Crippen molar-refractivity contribution >= 4 is 17.5 Å². The number of benzene rings is 1. The van der Waals surface area contributed by atoms with Crippen LogP contribution in [0.1, 0.15) is 36.2 Å². The molecule has 3 rings (SSSR count). The summed E-state index contributed by atoms with van der Waals surface area (Å²) in [7, 11) is 3.12. The number of hydrogen-bond acceptors (Lipinski definition) is 6. The first-order valence-corrected chi connectivity index (χ1v) is 8.32. The fourth-order valence-electron chi connectivity index (χ4n) is 2.90. The Hall–Kier alpha value is -2.83. The van der Waals surface area contributed by atoms with E-state index in [1.165, 1.54) is 12.8 Å². The van der Waals surface area contributed by atoms with E-state index in [0.29, 0.717) is 34.9 Å². The van der Waals surface area contributed by atoms with Crippen LogP contribution >= 0.6 is 0 Å². The summed E-state index contributed by atoms with van der Waals surface area (Å²) in [5.74, 6) is 1.34. The lowest BCUT2D eigenvalue weighted by Gasteiger charge is -2.13. The SMILES string of the molecule is COc1ccc(NC(=O)c2ccnc(NC3CCCC3)n2)c(OC)c1. The first-order chi connectivity index (χ1) is 12.2. The summed E-state index contributed by atoms with van der Waals surface area (Å²) in [6.07, 6.45) is 6.25. The maximum atomic E-state index is 12.5. The number of methoxy groups -OCH3 is 2. The number of ether oxygens (including phenoxy) is 2. The third-order valence-corrected chi connectivity index (χ3v) is 4.23. The maximum Gasteiger partial charge on any atom is 0.274 e. The lowest BCUT2D eigenvalue weighted by Crippen LogP contribution is -2.19. The van der Waals surface area contributed by atoms with Crippen LogP contribution in [0.15, 0.2) is 30.5 Å². The van der Waals surface area contributed by atoms with Gasteiger partial charge in [0, 0.05) is 18.3 Å². The Bertz CT molecular complexity index is 745. The average Bonchev–Trinajstić information content (AvgIpc) is 3.15. The normalized spacial score (nSPS) is 14.2. The van der Waals surface area contributed by atoms with Crippen molar-refractivity contribution < 1.29 is 14.3 Å². The smallest absolute Gasteiger partial charge is 0.274 e. The van der Waals surface area contributed by atoms with Gasteiger partial charge in [-0.25, -0.2) is 9.97 Å². The van der Waals surface area contributed by atoms with Crippen LogP contribution in [0.2, 0.25) is 0 Å². The molecule has 0 aliphatic heterocycles. The molecule has 7 heteroatoms. The second-order valence-corrected chi connectivity index (χ2v) is 5.91. The van der Waals surface area contributed by atoms with Crippen LogP contribution in [0.5, 0.6) is 11.5 Å². The van der Waals surface area contributed by atoms with E-state index < -0.39 is 0 Å². The molecule has 132 valence electrons. The minimum absolute atomic E-state index is 0.299. The minimum atomic E-state index is -0.319. The van der Waals surface area contributed by atoms with Gasteiger partial charge in [0.1, 0.15) is 17.2 Å². The van der Waals surface area contributed by atoms with Gasteiger partial charge in [0.2, 0.25) is 5.95 Å². The van der Waals surface area contributed by atoms with Crippen LogP contribution < -0.4 is 20.1 Å². The van der Waals surface area contributed by atoms with Gasteiger partial charge in [0.25, 0.3) is 5.91 Å². The highest BCUT2D eigenvalue weighted by atomic mass is 16.5. The van der Waals surface area contributed by atoms with E-state index in [0.717, 1.165) is 12.8 Å². The number of carbonyl (C=O) groups excluding carboxylic acids is 1. The van der Waals surface area contributed by atoms with Gasteiger partial charge in [0.05, 0.1) is 19.9 Å². The van der Waals surface area contributed by atoms with Gasteiger partial charge in [-0.1, -0.05) is 12.8 Å². The summed E-state index contributed by atoms with van der Waals surface area (Å²) < 4.78 is 10.5. The summed E-state index contributed by atoms with van der Waals surface area (Å²) >= 11 is 0. The molecular weight excluding hydrogens is 320 g/mol. The van der Waals surface area contributed by atoms with Crippen molar-refractivity contribution in [1.29, 1.82) is 0 Å². The molecule has 1 saturated carbocycles. The fraction of sp³-hybridized carbons (Fsp3) is 0.389. The van der Waals surface area contributed by atoms with Crippen molar-refractivity contribution in [3.8, 4) is 11.5 Å². The molecule has 0 spiro atoms. The van der Waals surface area contributed by atoms with Gasteiger partial charge in [-0.3, -0.25) is 4.79 Å². The Morgan fingerprint density at radius 2 is 1.96 bits per heavy atom. The average molecular weight is 342 g/mol. The molecule has 0 unspecified atom stereocenters. The largest absolute Gasteiger partial charge is 0.497 e. The molecule has 1 aliphatic rings. The zero-order valence-electron chi connectivity index (χ0n) is 14.4. The summed E-state index contributed by atoms with van der Waals surface area (Å²) in [5, 5.41) is 6.11. The molecular formula is C18H22N4O3. The molecule has 0 bridgehead atoms. The first kappa shape index (κ1) is 17.0. The summed E-state index contributed by atoms with van der Waals surface area (Å²) in [4.78, 5) is 21.0. The zero-order valence-corrected chi connectivity index (χ0v) is 14.4. The summed E-state index contributed by atoms with van der Waals surface area (Å²) in [5.41, 5.74) is 0.852. The Morgan fingerprint density at radius 3 is 2.68 bits per heavy atom. The third-order valence-electron chi connectivity index (χ3n) is 4.23. The Morgan fingerprint density at radius 1 is 1.16 bits per heavy atom. The number of rotatable bonds is 6.